The lowest BCUT2D eigenvalue weighted by Gasteiger charge is -2.34. The second-order valence-corrected chi connectivity index (χ2v) is 10.7. The second-order valence-electron chi connectivity index (χ2n) is 10.7. The fraction of sp³-hybridized carbons (Fsp3) is 0.643. The van der Waals surface area contributed by atoms with Crippen LogP contribution >= 0.6 is 0 Å². The maximum atomic E-state index is 12.9. The van der Waals surface area contributed by atoms with Gasteiger partial charge in [-0.25, -0.2) is 0 Å². The van der Waals surface area contributed by atoms with Gasteiger partial charge in [0.1, 0.15) is 5.54 Å². The molecular weight excluding hydrogens is 454 g/mol. The summed E-state index contributed by atoms with van der Waals surface area (Å²) in [5, 5.41) is 7.34. The summed E-state index contributed by atoms with van der Waals surface area (Å²) in [5.41, 5.74) is 2.12. The zero-order chi connectivity index (χ0) is 25.5. The molecule has 2 heterocycles. The number of amides is 2. The van der Waals surface area contributed by atoms with Gasteiger partial charge in [-0.3, -0.25) is 14.5 Å². The van der Waals surface area contributed by atoms with Gasteiger partial charge in [0.05, 0.1) is 0 Å². The van der Waals surface area contributed by atoms with E-state index in [1.807, 2.05) is 4.90 Å². The van der Waals surface area contributed by atoms with Gasteiger partial charge in [-0.1, -0.05) is 69.0 Å². The molecular formula is C28H41N5O3. The topological polar surface area (TPSA) is 91.6 Å². The number of hydrogen-bond donors (Lipinski definition) is 1. The Morgan fingerprint density at radius 1 is 1.03 bits per heavy atom. The molecule has 36 heavy (non-hydrogen) atoms. The molecule has 1 aliphatic carbocycles. The highest BCUT2D eigenvalue weighted by Gasteiger charge is 2.38. The van der Waals surface area contributed by atoms with Crippen LogP contribution in [0.2, 0.25) is 0 Å². The van der Waals surface area contributed by atoms with E-state index in [4.69, 9.17) is 4.52 Å². The average molecular weight is 496 g/mol. The van der Waals surface area contributed by atoms with Gasteiger partial charge in [-0.05, 0) is 29.9 Å². The summed E-state index contributed by atoms with van der Waals surface area (Å²) in [6, 6.07) is 8.88. The van der Waals surface area contributed by atoms with Crippen molar-refractivity contribution < 1.29 is 14.1 Å². The number of hydrogen-bond acceptors (Lipinski definition) is 6. The molecule has 2 aliphatic rings. The lowest BCUT2D eigenvalue weighted by atomic mass is 9.89. The maximum Gasteiger partial charge on any atom is 0.227 e. The first-order valence-electron chi connectivity index (χ1n) is 13.6. The van der Waals surface area contributed by atoms with Crippen LogP contribution in [0, 0.1) is 0 Å². The predicted octanol–water partition coefficient (Wildman–Crippen LogP) is 4.16. The summed E-state index contributed by atoms with van der Waals surface area (Å²) < 4.78 is 5.52. The quantitative estimate of drug-likeness (QED) is 0.553. The minimum atomic E-state index is -0.556. The molecule has 0 radical (unpaired) electrons. The standard InChI is InChI=1S/C28H41N5O3/c1-21(2)24-10-8-23(9-11-24)20-32-16-18-33(19-17-32)26(35)13-12-25-29-27(31-36-25)28(30-22(3)34)14-6-4-5-7-15-28/h8-11,21H,4-7,12-20H2,1-3H3,(H,30,34). The fourth-order valence-corrected chi connectivity index (χ4v) is 5.42. The molecule has 4 rings (SSSR count). The summed E-state index contributed by atoms with van der Waals surface area (Å²) in [7, 11) is 0. The Labute approximate surface area is 214 Å². The Balaban J connectivity index is 1.26. The molecule has 2 amide bonds. The Hall–Kier alpha value is -2.74. The van der Waals surface area contributed by atoms with E-state index in [2.05, 4.69) is 58.5 Å². The van der Waals surface area contributed by atoms with Crippen molar-refractivity contribution in [1.82, 2.24) is 25.3 Å². The van der Waals surface area contributed by atoms with Crippen molar-refractivity contribution in [3.05, 3.63) is 47.1 Å². The normalized spacial score (nSPS) is 18.7. The molecule has 8 nitrogen and oxygen atoms in total. The Bertz CT molecular complexity index is 1000. The van der Waals surface area contributed by atoms with Crippen LogP contribution in [0.4, 0.5) is 0 Å². The molecule has 1 aromatic heterocycles. The molecule has 2 fully saturated rings. The zero-order valence-electron chi connectivity index (χ0n) is 22.1. The second kappa shape index (κ2) is 12.0. The highest BCUT2D eigenvalue weighted by molar-refractivity contribution is 5.76. The van der Waals surface area contributed by atoms with Crippen LogP contribution in [0.3, 0.4) is 0 Å². The van der Waals surface area contributed by atoms with E-state index in [9.17, 15) is 9.59 Å². The van der Waals surface area contributed by atoms with E-state index in [0.29, 0.717) is 30.5 Å². The van der Waals surface area contributed by atoms with Crippen LogP contribution in [0.25, 0.3) is 0 Å². The van der Waals surface area contributed by atoms with Crippen molar-refractivity contribution >= 4 is 11.8 Å². The van der Waals surface area contributed by atoms with Gasteiger partial charge in [-0.2, -0.15) is 4.98 Å². The molecule has 0 unspecified atom stereocenters. The number of nitrogens with zero attached hydrogens (tertiary/aromatic N) is 4. The van der Waals surface area contributed by atoms with Gasteiger partial charge in [0.25, 0.3) is 0 Å². The summed E-state index contributed by atoms with van der Waals surface area (Å²) in [6.45, 7) is 10.1. The summed E-state index contributed by atoms with van der Waals surface area (Å²) in [6.07, 6.45) is 6.76. The van der Waals surface area contributed by atoms with E-state index in [-0.39, 0.29) is 11.8 Å². The van der Waals surface area contributed by atoms with Crippen molar-refractivity contribution in [2.24, 2.45) is 0 Å². The predicted molar refractivity (Wildman–Crippen MR) is 138 cm³/mol. The molecule has 0 bridgehead atoms. The van der Waals surface area contributed by atoms with Crippen molar-refractivity contribution in [3.63, 3.8) is 0 Å². The van der Waals surface area contributed by atoms with Gasteiger partial charge in [0.15, 0.2) is 5.82 Å². The first kappa shape index (κ1) is 26.3. The van der Waals surface area contributed by atoms with E-state index >= 15 is 0 Å². The Morgan fingerprint density at radius 3 is 2.31 bits per heavy atom. The summed E-state index contributed by atoms with van der Waals surface area (Å²) in [5.74, 6) is 1.61. The molecule has 8 heteroatoms. The van der Waals surface area contributed by atoms with Crippen molar-refractivity contribution in [2.75, 3.05) is 26.2 Å². The number of aryl methyl sites for hydroxylation is 1. The highest BCUT2D eigenvalue weighted by atomic mass is 16.5. The summed E-state index contributed by atoms with van der Waals surface area (Å²) >= 11 is 0. The number of piperazine rings is 1. The van der Waals surface area contributed by atoms with E-state index in [1.54, 1.807) is 0 Å². The molecule has 1 saturated carbocycles. The first-order chi connectivity index (χ1) is 17.3. The number of carbonyl (C=O) groups is 2. The molecule has 1 N–H and O–H groups in total. The largest absolute Gasteiger partial charge is 0.343 e. The molecule has 0 spiro atoms. The fourth-order valence-electron chi connectivity index (χ4n) is 5.42. The van der Waals surface area contributed by atoms with Crippen LogP contribution in [0.15, 0.2) is 28.8 Å². The molecule has 1 aliphatic heterocycles. The van der Waals surface area contributed by atoms with E-state index < -0.39 is 5.54 Å². The van der Waals surface area contributed by atoms with Crippen LogP contribution in [0.1, 0.15) is 94.5 Å². The molecule has 196 valence electrons. The van der Waals surface area contributed by atoms with Crippen molar-refractivity contribution in [1.29, 1.82) is 0 Å². The van der Waals surface area contributed by atoms with Crippen LogP contribution in [-0.4, -0.2) is 57.9 Å². The first-order valence-corrected chi connectivity index (χ1v) is 13.6. The van der Waals surface area contributed by atoms with Crippen molar-refractivity contribution in [2.45, 2.75) is 90.1 Å². The van der Waals surface area contributed by atoms with Gasteiger partial charge in [-0.15, -0.1) is 0 Å². The van der Waals surface area contributed by atoms with E-state index in [1.165, 1.54) is 18.1 Å². The number of aromatic nitrogens is 2. The molecule has 1 aromatic carbocycles. The number of nitrogens with one attached hydrogen (secondary N) is 1. The average Bonchev–Trinajstić information content (AvgIpc) is 3.23. The Kier molecular flexibility index (Phi) is 8.77. The minimum Gasteiger partial charge on any atom is -0.343 e. The zero-order valence-corrected chi connectivity index (χ0v) is 22.1. The summed E-state index contributed by atoms with van der Waals surface area (Å²) in [4.78, 5) is 33.7. The third-order valence-corrected chi connectivity index (χ3v) is 7.60. The monoisotopic (exact) mass is 495 g/mol. The number of carbonyl (C=O) groups excluding carboxylic acids is 2. The van der Waals surface area contributed by atoms with Crippen LogP contribution in [-0.2, 0) is 28.1 Å². The SMILES string of the molecule is CC(=O)NC1(c2noc(CCC(=O)N3CCN(Cc4ccc(C(C)C)cc4)CC3)n2)CCCCCC1. The van der Waals surface area contributed by atoms with E-state index in [0.717, 1.165) is 71.2 Å². The van der Waals surface area contributed by atoms with Gasteiger partial charge in [0, 0.05) is 52.5 Å². The van der Waals surface area contributed by atoms with Gasteiger partial charge >= 0.3 is 0 Å². The van der Waals surface area contributed by atoms with Gasteiger partial charge < -0.3 is 14.7 Å². The molecule has 0 atom stereocenters. The molecule has 1 saturated heterocycles. The highest BCUT2D eigenvalue weighted by Crippen LogP contribution is 2.34. The number of rotatable bonds is 8. The van der Waals surface area contributed by atoms with Crippen LogP contribution in [0.5, 0.6) is 0 Å². The van der Waals surface area contributed by atoms with Crippen LogP contribution < -0.4 is 5.32 Å². The molecule has 2 aromatic rings. The lowest BCUT2D eigenvalue weighted by Crippen LogP contribution is -2.48. The Morgan fingerprint density at radius 2 is 1.69 bits per heavy atom. The van der Waals surface area contributed by atoms with Crippen molar-refractivity contribution in [3.8, 4) is 0 Å². The third-order valence-electron chi connectivity index (χ3n) is 7.60. The maximum absolute atomic E-state index is 12.9. The lowest BCUT2D eigenvalue weighted by molar-refractivity contribution is -0.133. The smallest absolute Gasteiger partial charge is 0.227 e. The minimum absolute atomic E-state index is 0.0786. The van der Waals surface area contributed by atoms with Gasteiger partial charge in [0.2, 0.25) is 17.7 Å². The third kappa shape index (κ3) is 6.72. The number of benzene rings is 1.